The van der Waals surface area contributed by atoms with Crippen LogP contribution in [0, 0.1) is 5.92 Å². The summed E-state index contributed by atoms with van der Waals surface area (Å²) in [6.07, 6.45) is 6.53. The quantitative estimate of drug-likeness (QED) is 0.832. The van der Waals surface area contributed by atoms with Crippen LogP contribution in [-0.2, 0) is 11.3 Å². The molecule has 2 aromatic rings. The third-order valence-corrected chi connectivity index (χ3v) is 4.19. The molecule has 4 unspecified atom stereocenters. The summed E-state index contributed by atoms with van der Waals surface area (Å²) in [5.41, 5.74) is 13.8. The maximum Gasteiger partial charge on any atom is 0.120 e. The molecule has 116 valence electrons. The van der Waals surface area contributed by atoms with Gasteiger partial charge in [-0.05, 0) is 24.1 Å². The molecule has 1 aliphatic carbocycles. The largest absolute Gasteiger partial charge is 0.468 e. The molecule has 4 heteroatoms. The van der Waals surface area contributed by atoms with Crippen LogP contribution in [0.15, 0.2) is 65.3 Å². The Labute approximate surface area is 130 Å². The fraction of sp³-hybridized carbons (Fsp3) is 0.333. The first kappa shape index (κ1) is 15.0. The first-order valence-corrected chi connectivity index (χ1v) is 7.62. The van der Waals surface area contributed by atoms with Gasteiger partial charge in [0.15, 0.2) is 0 Å². The van der Waals surface area contributed by atoms with Crippen molar-refractivity contribution >= 4 is 0 Å². The molecule has 0 bridgehead atoms. The lowest BCUT2D eigenvalue weighted by Gasteiger charge is -2.36. The molecule has 1 aromatic carbocycles. The van der Waals surface area contributed by atoms with E-state index >= 15 is 0 Å². The summed E-state index contributed by atoms with van der Waals surface area (Å²) in [7, 11) is 0. The Kier molecular flexibility index (Phi) is 4.73. The van der Waals surface area contributed by atoms with E-state index in [1.165, 1.54) is 0 Å². The summed E-state index contributed by atoms with van der Waals surface area (Å²) < 4.78 is 11.6. The standard InChI is InChI=1S/C18H22N2O2/c19-14-8-4-9-15(22-12-13-6-2-1-3-7-13)17(14)18(20)16-10-5-11-21-16/h1-8,10-11,14-15,17-18H,9,12,19-20H2. The summed E-state index contributed by atoms with van der Waals surface area (Å²) in [6.45, 7) is 0.563. The van der Waals surface area contributed by atoms with Gasteiger partial charge < -0.3 is 20.6 Å². The number of furan rings is 1. The third-order valence-electron chi connectivity index (χ3n) is 4.19. The minimum atomic E-state index is -0.268. The van der Waals surface area contributed by atoms with Crippen LogP contribution in [0.5, 0.6) is 0 Å². The second-order valence-electron chi connectivity index (χ2n) is 5.69. The predicted molar refractivity (Wildman–Crippen MR) is 85.9 cm³/mol. The van der Waals surface area contributed by atoms with Crippen LogP contribution in [0.25, 0.3) is 0 Å². The van der Waals surface area contributed by atoms with Crippen molar-refractivity contribution in [3.8, 4) is 0 Å². The van der Waals surface area contributed by atoms with Crippen LogP contribution >= 0.6 is 0 Å². The number of nitrogens with two attached hydrogens (primary N) is 2. The van der Waals surface area contributed by atoms with Crippen molar-refractivity contribution in [3.63, 3.8) is 0 Å². The van der Waals surface area contributed by atoms with Crippen LogP contribution in [0.2, 0.25) is 0 Å². The van der Waals surface area contributed by atoms with E-state index in [9.17, 15) is 0 Å². The van der Waals surface area contributed by atoms with E-state index < -0.39 is 0 Å². The van der Waals surface area contributed by atoms with Crippen molar-refractivity contribution in [1.82, 2.24) is 0 Å². The highest BCUT2D eigenvalue weighted by molar-refractivity contribution is 5.15. The molecule has 3 rings (SSSR count). The van der Waals surface area contributed by atoms with Crippen LogP contribution in [-0.4, -0.2) is 12.1 Å². The molecule has 0 saturated heterocycles. The van der Waals surface area contributed by atoms with Gasteiger partial charge in [0.25, 0.3) is 0 Å². The van der Waals surface area contributed by atoms with E-state index in [0.29, 0.717) is 6.61 Å². The van der Waals surface area contributed by atoms with Crippen molar-refractivity contribution in [2.24, 2.45) is 17.4 Å². The van der Waals surface area contributed by atoms with Crippen LogP contribution < -0.4 is 11.5 Å². The molecule has 0 aliphatic heterocycles. The summed E-state index contributed by atoms with van der Waals surface area (Å²) in [5.74, 6) is 0.754. The van der Waals surface area contributed by atoms with E-state index in [1.54, 1.807) is 6.26 Å². The van der Waals surface area contributed by atoms with E-state index in [0.717, 1.165) is 17.7 Å². The van der Waals surface area contributed by atoms with Gasteiger partial charge in [-0.25, -0.2) is 0 Å². The number of hydrogen-bond donors (Lipinski definition) is 2. The molecule has 1 aliphatic rings. The van der Waals surface area contributed by atoms with Gasteiger partial charge in [0, 0.05) is 12.0 Å². The fourth-order valence-corrected chi connectivity index (χ4v) is 3.00. The SMILES string of the molecule is NC1C=CCC(OCc2ccccc2)C1C(N)c1ccco1. The molecular formula is C18H22N2O2. The Morgan fingerprint density at radius 2 is 2.00 bits per heavy atom. The van der Waals surface area contributed by atoms with Crippen LogP contribution in [0.1, 0.15) is 23.8 Å². The van der Waals surface area contributed by atoms with Gasteiger partial charge in [0.2, 0.25) is 0 Å². The van der Waals surface area contributed by atoms with Gasteiger partial charge in [-0.1, -0.05) is 42.5 Å². The number of rotatable bonds is 5. The van der Waals surface area contributed by atoms with E-state index in [2.05, 4.69) is 18.2 Å². The highest BCUT2D eigenvalue weighted by Crippen LogP contribution is 2.32. The zero-order valence-electron chi connectivity index (χ0n) is 12.5. The lowest BCUT2D eigenvalue weighted by molar-refractivity contribution is -0.0148. The maximum atomic E-state index is 6.38. The van der Waals surface area contributed by atoms with Crippen molar-refractivity contribution in [2.45, 2.75) is 31.2 Å². The molecule has 22 heavy (non-hydrogen) atoms. The molecule has 1 heterocycles. The Morgan fingerprint density at radius 1 is 1.18 bits per heavy atom. The highest BCUT2D eigenvalue weighted by Gasteiger charge is 2.35. The van der Waals surface area contributed by atoms with Gasteiger partial charge >= 0.3 is 0 Å². The topological polar surface area (TPSA) is 74.4 Å². The average molecular weight is 298 g/mol. The zero-order chi connectivity index (χ0) is 15.4. The summed E-state index contributed by atoms with van der Waals surface area (Å²) >= 11 is 0. The fourth-order valence-electron chi connectivity index (χ4n) is 3.00. The van der Waals surface area contributed by atoms with Crippen molar-refractivity contribution in [1.29, 1.82) is 0 Å². The molecule has 0 fully saturated rings. The normalized spacial score (nSPS) is 26.0. The molecule has 1 aromatic heterocycles. The maximum absolute atomic E-state index is 6.38. The third kappa shape index (κ3) is 3.30. The molecule has 4 atom stereocenters. The van der Waals surface area contributed by atoms with Gasteiger partial charge in [-0.2, -0.15) is 0 Å². The lowest BCUT2D eigenvalue weighted by Crippen LogP contribution is -2.46. The summed E-state index contributed by atoms with van der Waals surface area (Å²) in [5, 5.41) is 0. The monoisotopic (exact) mass is 298 g/mol. The van der Waals surface area contributed by atoms with Crippen molar-refractivity contribution < 1.29 is 9.15 Å². The Hall–Kier alpha value is -1.88. The Morgan fingerprint density at radius 3 is 2.73 bits per heavy atom. The van der Waals surface area contributed by atoms with Crippen molar-refractivity contribution in [3.05, 3.63) is 72.2 Å². The molecule has 0 saturated carbocycles. The van der Waals surface area contributed by atoms with Gasteiger partial charge in [-0.3, -0.25) is 0 Å². The van der Waals surface area contributed by atoms with Crippen molar-refractivity contribution in [2.75, 3.05) is 0 Å². The Balaban J connectivity index is 1.72. The van der Waals surface area contributed by atoms with Gasteiger partial charge in [-0.15, -0.1) is 0 Å². The number of hydrogen-bond acceptors (Lipinski definition) is 4. The minimum Gasteiger partial charge on any atom is -0.468 e. The smallest absolute Gasteiger partial charge is 0.120 e. The number of benzene rings is 1. The van der Waals surface area contributed by atoms with Gasteiger partial charge in [0.05, 0.1) is 25.0 Å². The lowest BCUT2D eigenvalue weighted by atomic mass is 9.81. The van der Waals surface area contributed by atoms with E-state index in [4.69, 9.17) is 20.6 Å². The van der Waals surface area contributed by atoms with Crippen LogP contribution in [0.4, 0.5) is 0 Å². The van der Waals surface area contributed by atoms with E-state index in [-0.39, 0.29) is 24.1 Å². The second kappa shape index (κ2) is 6.92. The molecule has 0 radical (unpaired) electrons. The second-order valence-corrected chi connectivity index (χ2v) is 5.69. The summed E-state index contributed by atoms with van der Waals surface area (Å²) in [6, 6.07) is 13.5. The zero-order valence-corrected chi connectivity index (χ0v) is 12.5. The molecule has 0 spiro atoms. The minimum absolute atomic E-state index is 0.000128. The van der Waals surface area contributed by atoms with Gasteiger partial charge in [0.1, 0.15) is 5.76 Å². The average Bonchev–Trinajstić information content (AvgIpc) is 3.08. The Bertz CT molecular complexity index is 595. The molecule has 4 nitrogen and oxygen atoms in total. The molecule has 4 N–H and O–H groups in total. The first-order valence-electron chi connectivity index (χ1n) is 7.62. The molecule has 0 amide bonds. The number of ether oxygens (including phenoxy) is 1. The highest BCUT2D eigenvalue weighted by atomic mass is 16.5. The first-order chi connectivity index (χ1) is 10.8. The summed E-state index contributed by atoms with van der Waals surface area (Å²) in [4.78, 5) is 0. The van der Waals surface area contributed by atoms with Crippen LogP contribution in [0.3, 0.4) is 0 Å². The molecular weight excluding hydrogens is 276 g/mol. The van der Waals surface area contributed by atoms with E-state index in [1.807, 2.05) is 36.4 Å². The predicted octanol–water partition coefficient (Wildman–Crippen LogP) is 2.77.